The molecule has 0 radical (unpaired) electrons. The number of methoxy groups -OCH3 is 1. The van der Waals surface area contributed by atoms with E-state index < -0.39 is 10.9 Å². The van der Waals surface area contributed by atoms with Crippen molar-refractivity contribution in [2.75, 3.05) is 7.11 Å². The van der Waals surface area contributed by atoms with Crippen LogP contribution in [0.2, 0.25) is 0 Å². The smallest absolute Gasteiger partial charge is 0.338 e. The molecule has 1 aromatic carbocycles. The van der Waals surface area contributed by atoms with Crippen LogP contribution >= 0.6 is 10.9 Å². The summed E-state index contributed by atoms with van der Waals surface area (Å²) in [7, 11) is 0.948. The molecule has 0 unspecified atom stereocenters. The average Bonchev–Trinajstić information content (AvgIpc) is 2.81. The van der Waals surface area contributed by atoms with E-state index in [1.807, 2.05) is 36.4 Å². The van der Waals surface area contributed by atoms with Gasteiger partial charge in [-0.2, -0.15) is 10.9 Å². The largest absolute Gasteiger partial charge is 0.465 e. The highest BCUT2D eigenvalue weighted by molar-refractivity contribution is 8.22. The van der Waals surface area contributed by atoms with Gasteiger partial charge in [0.2, 0.25) is 0 Å². The lowest BCUT2D eigenvalue weighted by molar-refractivity contribution is 0.0597. The van der Waals surface area contributed by atoms with Crippen molar-refractivity contribution in [2.24, 2.45) is 0 Å². The number of benzene rings is 1. The molecular formula is C12H12O2S. The second kappa shape index (κ2) is 4.36. The number of rotatable bonds is 2. The summed E-state index contributed by atoms with van der Waals surface area (Å²) in [4.78, 5) is 12.6. The Morgan fingerprint density at radius 1 is 1.20 bits per heavy atom. The van der Waals surface area contributed by atoms with Crippen LogP contribution in [0.4, 0.5) is 0 Å². The fourth-order valence-electron chi connectivity index (χ4n) is 1.48. The summed E-state index contributed by atoms with van der Waals surface area (Å²) in [6.45, 7) is 0. The summed E-state index contributed by atoms with van der Waals surface area (Å²) in [6.07, 6.45) is 4.03. The van der Waals surface area contributed by atoms with E-state index in [2.05, 4.69) is 10.8 Å². The minimum atomic E-state index is -0.461. The molecule has 0 amide bonds. The molecule has 1 heterocycles. The van der Waals surface area contributed by atoms with Gasteiger partial charge in [-0.1, -0.05) is 24.3 Å². The summed E-state index contributed by atoms with van der Waals surface area (Å²) in [5.74, 6) is -0.262. The molecule has 0 spiro atoms. The molecule has 0 aromatic heterocycles. The Balaban J connectivity index is 2.42. The Bertz CT molecular complexity index is 423. The molecule has 0 saturated carbocycles. The van der Waals surface area contributed by atoms with Crippen molar-refractivity contribution in [3.8, 4) is 0 Å². The first-order valence-electron chi connectivity index (χ1n) is 4.63. The molecule has 2 rings (SSSR count). The fourth-order valence-corrected chi connectivity index (χ4v) is 3.17. The van der Waals surface area contributed by atoms with Gasteiger partial charge in [-0.25, -0.2) is 4.79 Å². The van der Waals surface area contributed by atoms with Crippen LogP contribution in [0.25, 0.3) is 0 Å². The third-order valence-corrected chi connectivity index (χ3v) is 4.12. The van der Waals surface area contributed by atoms with Gasteiger partial charge >= 0.3 is 5.97 Å². The molecule has 0 aliphatic carbocycles. The SMILES string of the molecule is COC(=O)c1ccccc1[SH]1C=CC=C1. The third kappa shape index (κ3) is 1.97. The molecule has 0 fully saturated rings. The maximum absolute atomic E-state index is 11.5. The van der Waals surface area contributed by atoms with Crippen molar-refractivity contribution in [2.45, 2.75) is 4.90 Å². The fraction of sp³-hybridized carbons (Fsp3) is 0.0833. The molecule has 0 N–H and O–H groups in total. The lowest BCUT2D eigenvalue weighted by Gasteiger charge is -2.14. The maximum Gasteiger partial charge on any atom is 0.338 e. The first-order chi connectivity index (χ1) is 7.33. The van der Waals surface area contributed by atoms with Crippen molar-refractivity contribution >= 4 is 16.9 Å². The summed E-state index contributed by atoms with van der Waals surface area (Å²) in [5, 5.41) is 4.24. The number of allylic oxidation sites excluding steroid dienone is 2. The Morgan fingerprint density at radius 2 is 1.87 bits per heavy atom. The topological polar surface area (TPSA) is 26.3 Å². The number of carbonyl (C=O) groups excluding carboxylic acids is 1. The van der Waals surface area contributed by atoms with E-state index >= 15 is 0 Å². The molecule has 1 aliphatic rings. The maximum atomic E-state index is 11.5. The quantitative estimate of drug-likeness (QED) is 0.612. The first-order valence-corrected chi connectivity index (χ1v) is 6.11. The minimum absolute atomic E-state index is 0.262. The van der Waals surface area contributed by atoms with Gasteiger partial charge in [-0.3, -0.25) is 0 Å². The zero-order valence-corrected chi connectivity index (χ0v) is 9.28. The van der Waals surface area contributed by atoms with Crippen molar-refractivity contribution < 1.29 is 9.53 Å². The Labute approximate surface area is 91.6 Å². The van der Waals surface area contributed by atoms with Crippen LogP contribution < -0.4 is 0 Å². The highest BCUT2D eigenvalue weighted by Crippen LogP contribution is 2.43. The monoisotopic (exact) mass is 220 g/mol. The molecule has 0 atom stereocenters. The Kier molecular flexibility index (Phi) is 2.92. The predicted octanol–water partition coefficient (Wildman–Crippen LogP) is 2.87. The van der Waals surface area contributed by atoms with Crippen LogP contribution in [-0.2, 0) is 4.74 Å². The molecule has 0 bridgehead atoms. The summed E-state index contributed by atoms with van der Waals surface area (Å²) >= 11 is 0. The highest BCUT2D eigenvalue weighted by Gasteiger charge is 2.14. The van der Waals surface area contributed by atoms with Gasteiger partial charge in [0.05, 0.1) is 12.7 Å². The molecule has 3 heteroatoms. The summed E-state index contributed by atoms with van der Waals surface area (Å²) < 4.78 is 4.76. The zero-order valence-electron chi connectivity index (χ0n) is 8.38. The van der Waals surface area contributed by atoms with E-state index in [1.54, 1.807) is 0 Å². The molecule has 0 saturated heterocycles. The summed E-state index contributed by atoms with van der Waals surface area (Å²) in [5.41, 5.74) is 0.669. The molecule has 2 nitrogen and oxygen atoms in total. The van der Waals surface area contributed by atoms with E-state index in [1.165, 1.54) is 7.11 Å². The molecule has 78 valence electrons. The van der Waals surface area contributed by atoms with Crippen LogP contribution in [0.15, 0.2) is 52.1 Å². The predicted molar refractivity (Wildman–Crippen MR) is 63.3 cm³/mol. The van der Waals surface area contributed by atoms with Gasteiger partial charge in [0.25, 0.3) is 0 Å². The lowest BCUT2D eigenvalue weighted by atomic mass is 10.2. The van der Waals surface area contributed by atoms with Gasteiger partial charge < -0.3 is 4.74 Å². The Morgan fingerprint density at radius 3 is 2.53 bits per heavy atom. The van der Waals surface area contributed by atoms with Crippen LogP contribution in [0.5, 0.6) is 0 Å². The van der Waals surface area contributed by atoms with E-state index in [4.69, 9.17) is 4.74 Å². The number of esters is 1. The normalized spacial score (nSPS) is 15.7. The lowest BCUT2D eigenvalue weighted by Crippen LogP contribution is -2.03. The van der Waals surface area contributed by atoms with E-state index in [-0.39, 0.29) is 5.97 Å². The second-order valence-corrected chi connectivity index (χ2v) is 4.99. The van der Waals surface area contributed by atoms with Gasteiger partial charge in [0.15, 0.2) is 0 Å². The van der Waals surface area contributed by atoms with Crippen molar-refractivity contribution in [3.63, 3.8) is 0 Å². The van der Waals surface area contributed by atoms with Gasteiger partial charge in [-0.15, -0.1) is 0 Å². The average molecular weight is 220 g/mol. The van der Waals surface area contributed by atoms with Crippen LogP contribution in [0, 0.1) is 0 Å². The number of hydrogen-bond donors (Lipinski definition) is 1. The van der Waals surface area contributed by atoms with Crippen molar-refractivity contribution in [3.05, 3.63) is 52.8 Å². The first kappa shape index (κ1) is 10.1. The van der Waals surface area contributed by atoms with E-state index in [9.17, 15) is 4.79 Å². The Hall–Kier alpha value is -1.48. The number of carbonyl (C=O) groups is 1. The second-order valence-electron chi connectivity index (χ2n) is 3.10. The van der Waals surface area contributed by atoms with Crippen molar-refractivity contribution in [1.82, 2.24) is 0 Å². The minimum Gasteiger partial charge on any atom is -0.465 e. The van der Waals surface area contributed by atoms with Gasteiger partial charge in [-0.05, 0) is 22.9 Å². The third-order valence-electron chi connectivity index (χ3n) is 2.19. The van der Waals surface area contributed by atoms with E-state index in [0.29, 0.717) is 5.56 Å². The van der Waals surface area contributed by atoms with Gasteiger partial charge in [0, 0.05) is 4.90 Å². The molecular weight excluding hydrogens is 208 g/mol. The molecule has 1 aromatic rings. The van der Waals surface area contributed by atoms with Crippen LogP contribution in [0.3, 0.4) is 0 Å². The van der Waals surface area contributed by atoms with E-state index in [0.717, 1.165) is 4.90 Å². The number of thiol groups is 1. The van der Waals surface area contributed by atoms with Crippen LogP contribution in [0.1, 0.15) is 10.4 Å². The summed E-state index contributed by atoms with van der Waals surface area (Å²) in [6, 6.07) is 7.60. The van der Waals surface area contributed by atoms with Crippen molar-refractivity contribution in [1.29, 1.82) is 0 Å². The highest BCUT2D eigenvalue weighted by atomic mass is 32.2. The standard InChI is InChI=1S/C12H12O2S/c1-14-12(13)10-6-2-3-7-11(10)15-8-4-5-9-15/h2-9,15H,1H3. The number of ether oxygens (including phenoxy) is 1. The number of hydrogen-bond acceptors (Lipinski definition) is 2. The van der Waals surface area contributed by atoms with Crippen LogP contribution in [-0.4, -0.2) is 13.1 Å². The molecule has 15 heavy (non-hydrogen) atoms. The van der Waals surface area contributed by atoms with Gasteiger partial charge in [0.1, 0.15) is 0 Å². The zero-order chi connectivity index (χ0) is 10.7. The molecule has 1 aliphatic heterocycles.